The van der Waals surface area contributed by atoms with E-state index >= 15 is 0 Å². The number of fused-ring (bicyclic) bond motifs is 1. The van der Waals surface area contributed by atoms with Gasteiger partial charge in [-0.05, 0) is 34.5 Å². The van der Waals surface area contributed by atoms with Gasteiger partial charge in [0, 0.05) is 18.1 Å². The molecule has 0 aliphatic rings. The second-order valence-corrected chi connectivity index (χ2v) is 6.40. The monoisotopic (exact) mass is 416 g/mol. The van der Waals surface area contributed by atoms with Crippen LogP contribution in [0.1, 0.15) is 12.5 Å². The van der Waals surface area contributed by atoms with Crippen molar-refractivity contribution in [2.45, 2.75) is 13.5 Å². The fourth-order valence-electron chi connectivity index (χ4n) is 2.53. The van der Waals surface area contributed by atoms with E-state index in [-0.39, 0.29) is 0 Å². The van der Waals surface area contributed by atoms with Gasteiger partial charge in [0.2, 0.25) is 5.95 Å². The number of nitrogens with one attached hydrogen (secondary N) is 2. The summed E-state index contributed by atoms with van der Waals surface area (Å²) in [5.74, 6) is 0.380. The maximum absolute atomic E-state index is 12.1. The third-order valence-electron chi connectivity index (χ3n) is 3.78. The fraction of sp³-hybridized carbons (Fsp3) is 0.176. The Kier molecular flexibility index (Phi) is 5.17. The van der Waals surface area contributed by atoms with Gasteiger partial charge in [0.15, 0.2) is 11.2 Å². The first kappa shape index (κ1) is 17.9. The van der Waals surface area contributed by atoms with Crippen LogP contribution in [0.25, 0.3) is 17.2 Å². The Morgan fingerprint density at radius 3 is 2.77 bits per heavy atom. The van der Waals surface area contributed by atoms with Crippen LogP contribution in [0.5, 0.6) is 0 Å². The molecule has 1 aromatic carbocycles. The topological polar surface area (TPSA) is 97.1 Å². The number of hydrazone groups is 1. The van der Waals surface area contributed by atoms with Crippen LogP contribution in [-0.2, 0) is 13.6 Å². The van der Waals surface area contributed by atoms with E-state index in [1.165, 1.54) is 4.57 Å². The number of hydrogen-bond donors (Lipinski definition) is 2. The fourth-order valence-corrected chi connectivity index (χ4v) is 2.89. The van der Waals surface area contributed by atoms with Gasteiger partial charge in [-0.25, -0.2) is 10.2 Å². The Labute approximate surface area is 157 Å². The van der Waals surface area contributed by atoms with Crippen LogP contribution < -0.4 is 16.7 Å². The maximum atomic E-state index is 12.1. The van der Waals surface area contributed by atoms with Gasteiger partial charge in [0.05, 0.1) is 6.21 Å². The highest BCUT2D eigenvalue weighted by atomic mass is 79.9. The summed E-state index contributed by atoms with van der Waals surface area (Å²) in [7, 11) is 1.56. The number of aromatic amines is 1. The lowest BCUT2D eigenvalue weighted by atomic mass is 10.2. The SMILES string of the molecule is CCn1c(NN=CC(Br)=Cc2ccccc2)nc2c1c(=O)[nH]c(=O)n2C. The van der Waals surface area contributed by atoms with E-state index in [2.05, 4.69) is 36.4 Å². The largest absolute Gasteiger partial charge is 0.329 e. The van der Waals surface area contributed by atoms with Gasteiger partial charge in [-0.3, -0.25) is 14.3 Å². The zero-order chi connectivity index (χ0) is 18.7. The van der Waals surface area contributed by atoms with Crippen molar-refractivity contribution in [3.63, 3.8) is 0 Å². The lowest BCUT2D eigenvalue weighted by Gasteiger charge is -2.03. The third-order valence-corrected chi connectivity index (χ3v) is 4.21. The van der Waals surface area contributed by atoms with Crippen molar-refractivity contribution in [1.29, 1.82) is 0 Å². The minimum Gasteiger partial charge on any atom is -0.303 e. The summed E-state index contributed by atoms with van der Waals surface area (Å²) in [6, 6.07) is 9.81. The van der Waals surface area contributed by atoms with Gasteiger partial charge in [-0.15, -0.1) is 0 Å². The molecule has 2 aromatic heterocycles. The van der Waals surface area contributed by atoms with Crippen molar-refractivity contribution in [2.24, 2.45) is 12.1 Å². The number of nitrogens with zero attached hydrogens (tertiary/aromatic N) is 4. The van der Waals surface area contributed by atoms with Gasteiger partial charge < -0.3 is 4.57 Å². The predicted molar refractivity (Wildman–Crippen MR) is 107 cm³/mol. The van der Waals surface area contributed by atoms with E-state index in [1.807, 2.05) is 43.3 Å². The molecule has 0 saturated carbocycles. The lowest BCUT2D eigenvalue weighted by molar-refractivity contribution is 0.781. The predicted octanol–water partition coefficient (Wildman–Crippen LogP) is 2.28. The number of aryl methyl sites for hydroxylation is 2. The summed E-state index contributed by atoms with van der Waals surface area (Å²) in [5, 5.41) is 4.15. The second kappa shape index (κ2) is 7.52. The average molecular weight is 417 g/mol. The normalized spacial score (nSPS) is 12.2. The zero-order valence-corrected chi connectivity index (χ0v) is 15.8. The molecule has 0 fully saturated rings. The van der Waals surface area contributed by atoms with Crippen molar-refractivity contribution in [3.05, 3.63) is 61.2 Å². The molecule has 0 aliphatic heterocycles. The van der Waals surface area contributed by atoms with Gasteiger partial charge in [0.25, 0.3) is 5.56 Å². The number of allylic oxidation sites excluding steroid dienone is 1. The molecule has 3 aromatic rings. The van der Waals surface area contributed by atoms with Crippen molar-refractivity contribution in [1.82, 2.24) is 19.1 Å². The smallest absolute Gasteiger partial charge is 0.303 e. The van der Waals surface area contributed by atoms with Gasteiger partial charge in [-0.2, -0.15) is 10.1 Å². The summed E-state index contributed by atoms with van der Waals surface area (Å²) in [6.45, 7) is 2.38. The van der Waals surface area contributed by atoms with Crippen molar-refractivity contribution in [2.75, 3.05) is 5.43 Å². The molecule has 0 spiro atoms. The number of rotatable bonds is 5. The molecular formula is C17H17BrN6O2. The van der Waals surface area contributed by atoms with Crippen LogP contribution in [0.4, 0.5) is 5.95 Å². The Morgan fingerprint density at radius 1 is 1.35 bits per heavy atom. The molecule has 0 aliphatic carbocycles. The van der Waals surface area contributed by atoms with Crippen LogP contribution in [-0.4, -0.2) is 25.3 Å². The molecule has 0 saturated heterocycles. The number of H-pyrrole nitrogens is 1. The van der Waals surface area contributed by atoms with E-state index in [1.54, 1.807) is 17.8 Å². The average Bonchev–Trinajstić information content (AvgIpc) is 3.00. The first-order chi connectivity index (χ1) is 12.5. The second-order valence-electron chi connectivity index (χ2n) is 5.48. The number of benzene rings is 1. The van der Waals surface area contributed by atoms with Gasteiger partial charge in [0.1, 0.15) is 0 Å². The molecule has 0 bridgehead atoms. The third kappa shape index (κ3) is 3.52. The molecule has 0 atom stereocenters. The number of halogens is 1. The number of anilines is 1. The van der Waals surface area contributed by atoms with E-state index in [0.717, 1.165) is 10.0 Å². The Bertz CT molecular complexity index is 1110. The Balaban J connectivity index is 1.91. The van der Waals surface area contributed by atoms with Crippen LogP contribution in [0.3, 0.4) is 0 Å². The number of aromatic nitrogens is 4. The van der Waals surface area contributed by atoms with Crippen molar-refractivity contribution >= 4 is 45.3 Å². The lowest BCUT2D eigenvalue weighted by Crippen LogP contribution is -2.29. The zero-order valence-electron chi connectivity index (χ0n) is 14.2. The quantitative estimate of drug-likeness (QED) is 0.492. The molecule has 0 amide bonds. The van der Waals surface area contributed by atoms with E-state index in [9.17, 15) is 9.59 Å². The van der Waals surface area contributed by atoms with Crippen LogP contribution in [0, 0.1) is 0 Å². The van der Waals surface area contributed by atoms with E-state index < -0.39 is 11.2 Å². The molecule has 134 valence electrons. The van der Waals surface area contributed by atoms with Crippen molar-refractivity contribution in [3.8, 4) is 0 Å². The van der Waals surface area contributed by atoms with E-state index in [4.69, 9.17) is 0 Å². The van der Waals surface area contributed by atoms with Crippen LogP contribution in [0.2, 0.25) is 0 Å². The highest BCUT2D eigenvalue weighted by Gasteiger charge is 2.15. The maximum Gasteiger partial charge on any atom is 0.329 e. The Morgan fingerprint density at radius 2 is 2.08 bits per heavy atom. The first-order valence-electron chi connectivity index (χ1n) is 7.92. The molecule has 0 unspecified atom stereocenters. The minimum absolute atomic E-state index is 0.303. The Hall–Kier alpha value is -2.94. The molecular weight excluding hydrogens is 400 g/mol. The molecule has 0 radical (unpaired) electrons. The molecule has 26 heavy (non-hydrogen) atoms. The van der Waals surface area contributed by atoms with Crippen LogP contribution >= 0.6 is 15.9 Å². The molecule has 3 rings (SSSR count). The van der Waals surface area contributed by atoms with Gasteiger partial charge in [-0.1, -0.05) is 30.3 Å². The molecule has 2 heterocycles. The molecule has 8 nitrogen and oxygen atoms in total. The van der Waals surface area contributed by atoms with Gasteiger partial charge >= 0.3 is 5.69 Å². The summed E-state index contributed by atoms with van der Waals surface area (Å²) in [5.41, 5.74) is 3.51. The minimum atomic E-state index is -0.508. The first-order valence-corrected chi connectivity index (χ1v) is 8.71. The molecule has 2 N–H and O–H groups in total. The highest BCUT2D eigenvalue weighted by Crippen LogP contribution is 2.15. The summed E-state index contributed by atoms with van der Waals surface area (Å²) in [6.07, 6.45) is 3.51. The standard InChI is InChI=1S/C17H17BrN6O2/c1-3-24-13-14(23(2)17(26)21-15(13)25)20-16(24)22-19-10-12(18)9-11-7-5-4-6-8-11/h4-10H,3H2,1-2H3,(H,20,22)(H,21,25,26). The highest BCUT2D eigenvalue weighted by molar-refractivity contribution is 9.12. The number of hydrogen-bond acceptors (Lipinski definition) is 5. The summed E-state index contributed by atoms with van der Waals surface area (Å²) >= 11 is 3.44. The molecule has 9 heteroatoms. The summed E-state index contributed by atoms with van der Waals surface area (Å²) in [4.78, 5) is 30.5. The van der Waals surface area contributed by atoms with Crippen molar-refractivity contribution < 1.29 is 0 Å². The van der Waals surface area contributed by atoms with E-state index in [0.29, 0.717) is 23.7 Å². The summed E-state index contributed by atoms with van der Waals surface area (Å²) < 4.78 is 3.73. The number of imidazole rings is 1. The van der Waals surface area contributed by atoms with Crippen LogP contribution in [0.15, 0.2) is 49.5 Å².